The van der Waals surface area contributed by atoms with Crippen molar-refractivity contribution in [1.29, 1.82) is 0 Å². The number of aliphatic hydroxyl groups excluding tert-OH is 1. The number of nitrogens with one attached hydrogen (secondary N) is 3. The lowest BCUT2D eigenvalue weighted by molar-refractivity contribution is -0.144. The van der Waals surface area contributed by atoms with Gasteiger partial charge in [-0.15, -0.1) is 6.58 Å². The van der Waals surface area contributed by atoms with Crippen molar-refractivity contribution in [3.05, 3.63) is 103 Å². The molecule has 1 aromatic heterocycles. The highest BCUT2D eigenvalue weighted by atomic mass is 16.5. The molecule has 1 saturated carbocycles. The molecule has 5 N–H and O–H groups in total. The number of likely N-dealkylation sites (tertiary alicyclic amines) is 1. The summed E-state index contributed by atoms with van der Waals surface area (Å²) in [6.07, 6.45) is 0.576. The molecule has 13 heteroatoms. The van der Waals surface area contributed by atoms with Gasteiger partial charge in [0, 0.05) is 41.8 Å². The fourth-order valence-electron chi connectivity index (χ4n) is 7.75. The van der Waals surface area contributed by atoms with Crippen molar-refractivity contribution in [2.24, 2.45) is 11.8 Å². The Kier molecular flexibility index (Phi) is 10.2. The van der Waals surface area contributed by atoms with Crippen molar-refractivity contribution in [3.63, 3.8) is 0 Å². The van der Waals surface area contributed by atoms with Crippen LogP contribution in [-0.2, 0) is 20.8 Å². The summed E-state index contributed by atoms with van der Waals surface area (Å²) >= 11 is 0. The molecule has 3 aliphatic rings. The smallest absolute Gasteiger partial charge is 0.330 e. The number of hydrogen-bond acceptors (Lipinski definition) is 8. The Morgan fingerprint density at radius 3 is 2.47 bits per heavy atom. The number of pyridine rings is 1. The van der Waals surface area contributed by atoms with Gasteiger partial charge in [0.15, 0.2) is 0 Å². The lowest BCUT2D eigenvalue weighted by atomic mass is 10.0. The van der Waals surface area contributed by atoms with Crippen molar-refractivity contribution in [1.82, 2.24) is 25.8 Å². The first-order valence-electron chi connectivity index (χ1n) is 18.4. The summed E-state index contributed by atoms with van der Waals surface area (Å²) in [6, 6.07) is 20.8. The summed E-state index contributed by atoms with van der Waals surface area (Å²) in [5.74, 6) is -2.08. The lowest BCUT2D eigenvalue weighted by Gasteiger charge is -2.30. The zero-order valence-electron chi connectivity index (χ0n) is 30.9. The third-order valence-electron chi connectivity index (χ3n) is 10.9. The molecule has 2 fully saturated rings. The molecule has 4 amide bonds. The third-order valence-corrected chi connectivity index (χ3v) is 10.9. The van der Waals surface area contributed by atoms with Gasteiger partial charge in [0.1, 0.15) is 35.2 Å². The summed E-state index contributed by atoms with van der Waals surface area (Å²) in [7, 11) is 1.57. The number of carboxylic acid groups (broad SMARTS) is 1. The Labute approximate surface area is 318 Å². The molecule has 1 saturated heterocycles. The molecule has 0 bridgehead atoms. The zero-order chi connectivity index (χ0) is 39.0. The van der Waals surface area contributed by atoms with Gasteiger partial charge < -0.3 is 40.5 Å². The minimum absolute atomic E-state index is 0.0396. The number of aliphatic hydroxyl groups is 1. The fourth-order valence-corrected chi connectivity index (χ4v) is 7.75. The van der Waals surface area contributed by atoms with E-state index in [1.165, 1.54) is 11.0 Å². The number of aliphatic carboxylic acids is 1. The molecule has 4 aromatic rings. The summed E-state index contributed by atoms with van der Waals surface area (Å²) in [6.45, 7) is 7.25. The van der Waals surface area contributed by atoms with Crippen LogP contribution >= 0.6 is 0 Å². The number of carbonyl (C=O) groups excluding carboxylic acids is 3. The van der Waals surface area contributed by atoms with Gasteiger partial charge in [-0.1, -0.05) is 74.5 Å². The minimum Gasteiger partial charge on any atom is -0.497 e. The van der Waals surface area contributed by atoms with E-state index < -0.39 is 65.6 Å². The third kappa shape index (κ3) is 7.31. The molecule has 7 atom stereocenters. The lowest BCUT2D eigenvalue weighted by Crippen LogP contribution is -2.58. The summed E-state index contributed by atoms with van der Waals surface area (Å²) in [4.78, 5) is 60.5. The van der Waals surface area contributed by atoms with Crippen molar-refractivity contribution < 1.29 is 38.9 Å². The van der Waals surface area contributed by atoms with Crippen LogP contribution in [0.4, 0.5) is 4.79 Å². The average molecular weight is 748 g/mol. The number of rotatable bonds is 12. The number of methoxy groups -OCH3 is 1. The predicted octanol–water partition coefficient (Wildman–Crippen LogP) is 4.39. The molecule has 1 aliphatic heterocycles. The maximum atomic E-state index is 14.2. The Morgan fingerprint density at radius 2 is 1.78 bits per heavy atom. The molecule has 286 valence electrons. The van der Waals surface area contributed by atoms with E-state index >= 15 is 0 Å². The number of amides is 4. The van der Waals surface area contributed by atoms with Gasteiger partial charge in [0.2, 0.25) is 11.8 Å². The first-order valence-corrected chi connectivity index (χ1v) is 18.4. The molecule has 1 unspecified atom stereocenters. The van der Waals surface area contributed by atoms with Gasteiger partial charge in [-0.05, 0) is 35.6 Å². The predicted molar refractivity (Wildman–Crippen MR) is 204 cm³/mol. The Balaban J connectivity index is 1.17. The Hall–Kier alpha value is -5.95. The zero-order valence-corrected chi connectivity index (χ0v) is 30.9. The van der Waals surface area contributed by atoms with Gasteiger partial charge in [0.25, 0.3) is 0 Å². The second-order valence-electron chi connectivity index (χ2n) is 14.8. The SMILES string of the molecule is C=C[C@@H]1C[C@]1(NC(=O)[C@@H]1C[C@@H](Oc2cc(-c3ccccc3)nc3cc(OC)ccc23)CN1C(=O)NC(C(=O)N[C@H]1c2ccccc2C[C@H]1O)C(C)C)C(=O)O. The number of ether oxygens (including phenoxy) is 2. The monoisotopic (exact) mass is 747 g/mol. The molecule has 55 heavy (non-hydrogen) atoms. The molecule has 3 aromatic carbocycles. The molecular formula is C42H45N5O8. The summed E-state index contributed by atoms with van der Waals surface area (Å²) in [5.41, 5.74) is 2.35. The molecule has 2 heterocycles. The highest BCUT2D eigenvalue weighted by Gasteiger charge is 2.61. The van der Waals surface area contributed by atoms with Gasteiger partial charge in [-0.3, -0.25) is 9.59 Å². The molecule has 0 spiro atoms. The van der Waals surface area contributed by atoms with Crippen LogP contribution in [0.2, 0.25) is 0 Å². The number of hydrogen-bond donors (Lipinski definition) is 5. The van der Waals surface area contributed by atoms with Crippen LogP contribution in [0.15, 0.2) is 91.5 Å². The maximum Gasteiger partial charge on any atom is 0.330 e. The minimum atomic E-state index is -1.52. The van der Waals surface area contributed by atoms with E-state index in [1.54, 1.807) is 33.1 Å². The highest BCUT2D eigenvalue weighted by molar-refractivity contribution is 5.95. The number of carboxylic acids is 1. The van der Waals surface area contributed by atoms with Crippen LogP contribution in [0.25, 0.3) is 22.2 Å². The van der Waals surface area contributed by atoms with Crippen LogP contribution < -0.4 is 25.4 Å². The van der Waals surface area contributed by atoms with Crippen molar-refractivity contribution in [2.45, 2.75) is 69.0 Å². The maximum absolute atomic E-state index is 14.2. The van der Waals surface area contributed by atoms with E-state index in [9.17, 15) is 29.4 Å². The van der Waals surface area contributed by atoms with Gasteiger partial charge in [-0.25, -0.2) is 14.6 Å². The van der Waals surface area contributed by atoms with Gasteiger partial charge >= 0.3 is 12.0 Å². The van der Waals surface area contributed by atoms with E-state index in [2.05, 4.69) is 22.5 Å². The fraction of sp³-hybridized carbons (Fsp3) is 0.357. The molecule has 13 nitrogen and oxygen atoms in total. The first-order chi connectivity index (χ1) is 26.4. The van der Waals surface area contributed by atoms with E-state index in [0.29, 0.717) is 34.5 Å². The normalized spacial score (nSPS) is 24.5. The molecular weight excluding hydrogens is 702 g/mol. The summed E-state index contributed by atoms with van der Waals surface area (Å²) in [5, 5.41) is 30.0. The highest BCUT2D eigenvalue weighted by Crippen LogP contribution is 2.45. The quantitative estimate of drug-likeness (QED) is 0.132. The largest absolute Gasteiger partial charge is 0.497 e. The second kappa shape index (κ2) is 15.1. The Bertz CT molecular complexity index is 2140. The van der Waals surface area contributed by atoms with E-state index in [4.69, 9.17) is 14.5 Å². The van der Waals surface area contributed by atoms with Crippen LogP contribution in [0.1, 0.15) is 43.9 Å². The van der Waals surface area contributed by atoms with Crippen molar-refractivity contribution in [3.8, 4) is 22.8 Å². The number of urea groups is 1. The van der Waals surface area contributed by atoms with Crippen LogP contribution in [0.5, 0.6) is 11.5 Å². The Morgan fingerprint density at radius 1 is 1.04 bits per heavy atom. The van der Waals surface area contributed by atoms with Crippen molar-refractivity contribution in [2.75, 3.05) is 13.7 Å². The number of fused-ring (bicyclic) bond motifs is 2. The van der Waals surface area contributed by atoms with E-state index in [-0.39, 0.29) is 25.3 Å². The van der Waals surface area contributed by atoms with Crippen molar-refractivity contribution >= 4 is 34.7 Å². The molecule has 7 rings (SSSR count). The van der Waals surface area contributed by atoms with Crippen LogP contribution in [0, 0.1) is 11.8 Å². The number of aromatic nitrogens is 1. The van der Waals surface area contributed by atoms with E-state index in [1.807, 2.05) is 66.7 Å². The number of carbonyl (C=O) groups is 4. The van der Waals surface area contributed by atoms with Gasteiger partial charge in [0.05, 0.1) is 37.0 Å². The topological polar surface area (TPSA) is 179 Å². The standard InChI is InChI=1S/C42H45N5O8/c1-5-26-21-42(26,40(51)52)46-38(49)33-19-28(55-35-20-31(24-11-7-6-8-12-24)43-32-18-27(54-4)15-16-30(32)35)22-47(33)41(53)45-36(23(2)3)39(50)44-37-29-14-10-9-13-25(29)17-34(37)48/h5-16,18,20,23,26,28,33-34,36-37,48H,1,17,19,21-22H2,2-4H3,(H,44,50)(H,45,53)(H,46,49)(H,51,52)/t26-,28-,33+,34-,36?,37+,42-/m1/s1. The number of benzene rings is 3. The molecule has 2 aliphatic carbocycles. The summed E-state index contributed by atoms with van der Waals surface area (Å²) < 4.78 is 12.1. The number of nitrogens with zero attached hydrogens (tertiary/aromatic N) is 2. The van der Waals surface area contributed by atoms with E-state index in [0.717, 1.165) is 16.7 Å². The van der Waals surface area contributed by atoms with Crippen LogP contribution in [0.3, 0.4) is 0 Å². The second-order valence-corrected chi connectivity index (χ2v) is 14.8. The van der Waals surface area contributed by atoms with Crippen LogP contribution in [-0.4, -0.2) is 87.4 Å². The molecule has 0 radical (unpaired) electrons. The van der Waals surface area contributed by atoms with Gasteiger partial charge in [-0.2, -0.15) is 0 Å². The first kappa shape index (κ1) is 37.4. The average Bonchev–Trinajstić information content (AvgIpc) is 3.59.